The lowest BCUT2D eigenvalue weighted by Crippen LogP contribution is -2.41. The van der Waals surface area contributed by atoms with E-state index < -0.39 is 35.9 Å². The van der Waals surface area contributed by atoms with Gasteiger partial charge < -0.3 is 21.1 Å². The first-order chi connectivity index (χ1) is 14.8. The normalized spacial score (nSPS) is 17.4. The second-order valence-electron chi connectivity index (χ2n) is 7.04. The Labute approximate surface area is 186 Å². The monoisotopic (exact) mass is 464 g/mol. The third-order valence-electron chi connectivity index (χ3n) is 5.02. The van der Waals surface area contributed by atoms with Crippen LogP contribution < -0.4 is 21.1 Å². The molecule has 0 unspecified atom stereocenters. The van der Waals surface area contributed by atoms with E-state index in [4.69, 9.17) is 23.2 Å². The van der Waals surface area contributed by atoms with Crippen molar-refractivity contribution in [2.24, 2.45) is 5.92 Å². The number of rotatable bonds is 3. The Morgan fingerprint density at radius 2 is 1.97 bits per heavy atom. The van der Waals surface area contributed by atoms with E-state index in [1.807, 2.05) is 0 Å². The van der Waals surface area contributed by atoms with Gasteiger partial charge >= 0.3 is 0 Å². The van der Waals surface area contributed by atoms with Crippen LogP contribution >= 0.6 is 23.2 Å². The molecule has 4 rings (SSSR count). The molecule has 2 aliphatic heterocycles. The average molecular weight is 465 g/mol. The van der Waals surface area contributed by atoms with Crippen molar-refractivity contribution in [3.05, 3.63) is 75.4 Å². The topological polar surface area (TPSA) is 73.5 Å². The minimum Gasteiger partial charge on any atom is -0.324 e. The number of halogens is 4. The van der Waals surface area contributed by atoms with Gasteiger partial charge in [-0.05, 0) is 48.9 Å². The molecule has 0 fully saturated rings. The van der Waals surface area contributed by atoms with Crippen molar-refractivity contribution in [2.75, 3.05) is 16.8 Å². The summed E-state index contributed by atoms with van der Waals surface area (Å²) >= 11 is 11.7. The predicted molar refractivity (Wildman–Crippen MR) is 115 cm³/mol. The summed E-state index contributed by atoms with van der Waals surface area (Å²) in [7, 11) is 0. The first-order valence-corrected chi connectivity index (χ1v) is 10.00. The molecule has 160 valence electrons. The molecule has 0 saturated carbocycles. The van der Waals surface area contributed by atoms with Crippen molar-refractivity contribution in [1.82, 2.24) is 10.9 Å². The highest BCUT2D eigenvalue weighted by Gasteiger charge is 2.36. The van der Waals surface area contributed by atoms with Gasteiger partial charge in [-0.1, -0.05) is 23.2 Å². The summed E-state index contributed by atoms with van der Waals surface area (Å²) in [6, 6.07) is 6.37. The third-order valence-corrected chi connectivity index (χ3v) is 5.54. The average Bonchev–Trinajstić information content (AvgIpc) is 2.80. The van der Waals surface area contributed by atoms with Crippen molar-refractivity contribution in [3.63, 3.8) is 0 Å². The molecule has 0 aliphatic carbocycles. The van der Waals surface area contributed by atoms with Crippen LogP contribution in [-0.4, -0.2) is 18.4 Å². The highest BCUT2D eigenvalue weighted by atomic mass is 35.5. The van der Waals surface area contributed by atoms with E-state index in [9.17, 15) is 18.4 Å². The van der Waals surface area contributed by atoms with E-state index in [0.717, 1.165) is 12.1 Å². The number of carbonyl (C=O) groups is 2. The fourth-order valence-electron chi connectivity index (χ4n) is 3.56. The molecule has 2 aromatic rings. The number of allylic oxidation sites excluding steroid dienone is 1. The zero-order valence-electron chi connectivity index (χ0n) is 16.1. The van der Waals surface area contributed by atoms with Gasteiger partial charge in [0.05, 0.1) is 27.9 Å². The number of amides is 2. The molecule has 2 aromatic carbocycles. The van der Waals surface area contributed by atoms with Crippen LogP contribution in [0.5, 0.6) is 0 Å². The van der Waals surface area contributed by atoms with Crippen LogP contribution in [0.2, 0.25) is 10.0 Å². The van der Waals surface area contributed by atoms with E-state index in [2.05, 4.69) is 16.2 Å². The molecule has 0 spiro atoms. The minimum absolute atomic E-state index is 0.0743. The van der Waals surface area contributed by atoms with Crippen molar-refractivity contribution >= 4 is 52.1 Å². The largest absolute Gasteiger partial charge is 0.324 e. The van der Waals surface area contributed by atoms with E-state index in [1.165, 1.54) is 23.1 Å². The van der Waals surface area contributed by atoms with E-state index in [-0.39, 0.29) is 27.0 Å². The number of anilines is 2. The Hall–Kier alpha value is -3.10. The first kappa shape index (κ1) is 21.1. The second kappa shape index (κ2) is 8.20. The lowest BCUT2D eigenvalue weighted by Gasteiger charge is -2.25. The minimum atomic E-state index is -0.694. The molecule has 6 nitrogen and oxygen atoms in total. The van der Waals surface area contributed by atoms with Crippen LogP contribution in [0, 0.1) is 17.6 Å². The number of fused-ring (bicyclic) bond motifs is 2. The number of nitrogens with zero attached hydrogens (tertiary/aromatic N) is 1. The predicted octanol–water partition coefficient (Wildman–Crippen LogP) is 4.23. The number of hydrazine groups is 1. The highest BCUT2D eigenvalue weighted by Crippen LogP contribution is 2.39. The van der Waals surface area contributed by atoms with Gasteiger partial charge in [0.15, 0.2) is 0 Å². The van der Waals surface area contributed by atoms with Gasteiger partial charge in [0, 0.05) is 16.9 Å². The maximum atomic E-state index is 15.0. The van der Waals surface area contributed by atoms with Gasteiger partial charge in [0.1, 0.15) is 18.2 Å². The van der Waals surface area contributed by atoms with Crippen LogP contribution in [0.1, 0.15) is 12.5 Å². The molecular formula is C21H16Cl2F2N4O2. The smallest absolute Gasteiger partial charge is 0.244 e. The third kappa shape index (κ3) is 3.96. The molecule has 31 heavy (non-hydrogen) atoms. The Morgan fingerprint density at radius 3 is 2.71 bits per heavy atom. The molecule has 1 atom stereocenters. The number of hydrogen-bond acceptors (Lipinski definition) is 4. The van der Waals surface area contributed by atoms with Crippen molar-refractivity contribution in [1.29, 1.82) is 0 Å². The number of carbonyl (C=O) groups excluding carboxylic acids is 2. The van der Waals surface area contributed by atoms with Gasteiger partial charge in [-0.2, -0.15) is 0 Å². The molecule has 2 aliphatic rings. The molecule has 0 bridgehead atoms. The summed E-state index contributed by atoms with van der Waals surface area (Å²) in [5.41, 5.74) is 7.04. The maximum Gasteiger partial charge on any atom is 0.244 e. The Morgan fingerprint density at radius 1 is 1.19 bits per heavy atom. The van der Waals surface area contributed by atoms with Crippen LogP contribution in [0.3, 0.4) is 0 Å². The molecule has 3 N–H and O–H groups in total. The lowest BCUT2D eigenvalue weighted by molar-refractivity contribution is -0.123. The highest BCUT2D eigenvalue weighted by molar-refractivity contribution is 6.31. The van der Waals surface area contributed by atoms with E-state index >= 15 is 0 Å². The van der Waals surface area contributed by atoms with Gasteiger partial charge in [0.25, 0.3) is 0 Å². The van der Waals surface area contributed by atoms with Gasteiger partial charge in [0.2, 0.25) is 11.8 Å². The van der Waals surface area contributed by atoms with Gasteiger partial charge in [-0.25, -0.2) is 8.78 Å². The molecule has 0 aromatic heterocycles. The SMILES string of the molecule is C[C@H]1C(=O)N(CC(=O)Nc2ccc(Cl)c(F)c2)c2cc(Cl)cc(F)c2C2=C1C=CNN2. The Balaban J connectivity index is 1.72. The maximum absolute atomic E-state index is 15.0. The zero-order valence-corrected chi connectivity index (χ0v) is 17.6. The fraction of sp³-hybridized carbons (Fsp3) is 0.143. The standard InChI is InChI=1S/C21H16Cl2F2N4O2/c1-10-13-4-5-26-28-20(13)19-16(25)6-11(22)7-17(19)29(21(10)31)9-18(30)27-12-2-3-14(23)15(24)8-12/h2-8,10,26,28H,9H2,1H3,(H,27,30)/t10-/m1/s1. The Bertz CT molecular complexity index is 1170. The zero-order chi connectivity index (χ0) is 22.3. The molecule has 2 heterocycles. The molecule has 0 saturated heterocycles. The first-order valence-electron chi connectivity index (χ1n) is 9.24. The van der Waals surface area contributed by atoms with Gasteiger partial charge in [-0.15, -0.1) is 0 Å². The molecule has 0 radical (unpaired) electrons. The lowest BCUT2D eigenvalue weighted by atomic mass is 9.95. The van der Waals surface area contributed by atoms with Gasteiger partial charge in [-0.3, -0.25) is 9.59 Å². The molecule has 10 heteroatoms. The number of benzene rings is 2. The summed E-state index contributed by atoms with van der Waals surface area (Å²) in [6.07, 6.45) is 3.26. The Kier molecular flexibility index (Phi) is 5.60. The fourth-order valence-corrected chi connectivity index (χ4v) is 3.87. The second-order valence-corrected chi connectivity index (χ2v) is 7.88. The van der Waals surface area contributed by atoms with Crippen LogP contribution in [-0.2, 0) is 9.59 Å². The molecular weight excluding hydrogens is 449 g/mol. The van der Waals surface area contributed by atoms with Crippen LogP contribution in [0.4, 0.5) is 20.2 Å². The number of nitrogens with one attached hydrogen (secondary N) is 3. The summed E-state index contributed by atoms with van der Waals surface area (Å²) in [5.74, 6) is -3.03. The van der Waals surface area contributed by atoms with Crippen LogP contribution in [0.25, 0.3) is 5.70 Å². The van der Waals surface area contributed by atoms with Crippen molar-refractivity contribution in [3.8, 4) is 0 Å². The van der Waals surface area contributed by atoms with E-state index in [1.54, 1.807) is 19.2 Å². The summed E-state index contributed by atoms with van der Waals surface area (Å²) in [4.78, 5) is 27.1. The summed E-state index contributed by atoms with van der Waals surface area (Å²) in [6.45, 7) is 1.23. The quantitative estimate of drug-likeness (QED) is 0.635. The van der Waals surface area contributed by atoms with Crippen molar-refractivity contribution < 1.29 is 18.4 Å². The van der Waals surface area contributed by atoms with Crippen LogP contribution in [0.15, 0.2) is 48.2 Å². The van der Waals surface area contributed by atoms with E-state index in [0.29, 0.717) is 11.3 Å². The van der Waals surface area contributed by atoms with Crippen molar-refractivity contribution in [2.45, 2.75) is 6.92 Å². The molecule has 2 amide bonds. The summed E-state index contributed by atoms with van der Waals surface area (Å²) in [5, 5.41) is 2.51. The summed E-state index contributed by atoms with van der Waals surface area (Å²) < 4.78 is 28.7. The number of hydrogen-bond donors (Lipinski definition) is 3.